The highest BCUT2D eigenvalue weighted by atomic mass is 16.2. The van der Waals surface area contributed by atoms with Crippen LogP contribution in [0.15, 0.2) is 30.3 Å². The summed E-state index contributed by atoms with van der Waals surface area (Å²) in [7, 11) is 0. The number of carbonyl (C=O) groups excluding carboxylic acids is 2. The van der Waals surface area contributed by atoms with Gasteiger partial charge in [0.05, 0.1) is 0 Å². The highest BCUT2D eigenvalue weighted by Gasteiger charge is 2.40. The van der Waals surface area contributed by atoms with Crippen molar-refractivity contribution in [1.82, 2.24) is 9.80 Å². The smallest absolute Gasteiger partial charge is 0.245 e. The molecule has 2 aliphatic heterocycles. The fourth-order valence-corrected chi connectivity index (χ4v) is 3.67. The zero-order valence-corrected chi connectivity index (χ0v) is 12.9. The van der Waals surface area contributed by atoms with Crippen LogP contribution >= 0.6 is 0 Å². The number of hydrogen-bond donors (Lipinski definition) is 1. The van der Waals surface area contributed by atoms with Gasteiger partial charge >= 0.3 is 0 Å². The van der Waals surface area contributed by atoms with Gasteiger partial charge in [-0.05, 0) is 18.4 Å². The van der Waals surface area contributed by atoms with Gasteiger partial charge in [0.2, 0.25) is 11.8 Å². The lowest BCUT2D eigenvalue weighted by molar-refractivity contribution is -0.142. The molecule has 3 atom stereocenters. The molecule has 5 nitrogen and oxygen atoms in total. The van der Waals surface area contributed by atoms with Crippen molar-refractivity contribution in [2.75, 3.05) is 19.6 Å². The van der Waals surface area contributed by atoms with Gasteiger partial charge in [-0.1, -0.05) is 30.3 Å². The van der Waals surface area contributed by atoms with Crippen LogP contribution in [-0.2, 0) is 9.59 Å². The predicted octanol–water partition coefficient (Wildman–Crippen LogP) is 0.951. The first kappa shape index (κ1) is 15.0. The van der Waals surface area contributed by atoms with E-state index in [1.165, 1.54) is 12.5 Å². The molecular formula is C17H23N3O2. The predicted molar refractivity (Wildman–Crippen MR) is 84.1 cm³/mol. The third-order valence-corrected chi connectivity index (χ3v) is 4.85. The highest BCUT2D eigenvalue weighted by Crippen LogP contribution is 2.28. The average Bonchev–Trinajstić information content (AvgIpc) is 3.14. The zero-order chi connectivity index (χ0) is 15.7. The molecule has 2 fully saturated rings. The van der Waals surface area contributed by atoms with Gasteiger partial charge in [-0.3, -0.25) is 9.59 Å². The van der Waals surface area contributed by atoms with E-state index in [4.69, 9.17) is 5.73 Å². The summed E-state index contributed by atoms with van der Waals surface area (Å²) in [4.78, 5) is 28.0. The monoisotopic (exact) mass is 301 g/mol. The van der Waals surface area contributed by atoms with Gasteiger partial charge in [0, 0.05) is 38.5 Å². The number of hydrogen-bond acceptors (Lipinski definition) is 3. The van der Waals surface area contributed by atoms with Crippen LogP contribution in [0.25, 0.3) is 0 Å². The largest absolute Gasteiger partial charge is 0.339 e. The van der Waals surface area contributed by atoms with Crippen molar-refractivity contribution >= 4 is 11.8 Å². The minimum atomic E-state index is -0.292. The van der Waals surface area contributed by atoms with Crippen molar-refractivity contribution in [2.24, 2.45) is 5.73 Å². The summed E-state index contributed by atoms with van der Waals surface area (Å²) in [6.45, 7) is 3.44. The number of carbonyl (C=O) groups is 2. The fraction of sp³-hybridized carbons (Fsp3) is 0.529. The highest BCUT2D eigenvalue weighted by molar-refractivity contribution is 5.87. The third-order valence-electron chi connectivity index (χ3n) is 4.85. The van der Waals surface area contributed by atoms with Crippen molar-refractivity contribution in [2.45, 2.75) is 37.8 Å². The fourth-order valence-electron chi connectivity index (χ4n) is 3.67. The van der Waals surface area contributed by atoms with E-state index in [0.29, 0.717) is 19.6 Å². The van der Waals surface area contributed by atoms with Gasteiger partial charge in [0.1, 0.15) is 6.04 Å². The van der Waals surface area contributed by atoms with Crippen LogP contribution in [0.2, 0.25) is 0 Å². The number of likely N-dealkylation sites (tertiary alicyclic amines) is 2. The van der Waals surface area contributed by atoms with E-state index >= 15 is 0 Å². The number of amides is 2. The molecule has 0 bridgehead atoms. The average molecular weight is 301 g/mol. The topological polar surface area (TPSA) is 66.6 Å². The SMILES string of the molecule is CC(=O)N1CCCC1C(=O)N1C[C@@H](N)[C@H](c2ccccc2)C1. The lowest BCUT2D eigenvalue weighted by atomic mass is 9.95. The molecule has 0 aromatic heterocycles. The number of nitrogens with zero attached hydrogens (tertiary/aromatic N) is 2. The van der Waals surface area contributed by atoms with Crippen LogP contribution in [0.4, 0.5) is 0 Å². The van der Waals surface area contributed by atoms with Gasteiger partial charge in [-0.2, -0.15) is 0 Å². The zero-order valence-electron chi connectivity index (χ0n) is 12.9. The molecule has 2 amide bonds. The Hall–Kier alpha value is -1.88. The molecule has 2 heterocycles. The molecule has 1 aromatic carbocycles. The van der Waals surface area contributed by atoms with Crippen molar-refractivity contribution in [3.63, 3.8) is 0 Å². The molecule has 0 spiro atoms. The molecule has 2 aliphatic rings. The maximum Gasteiger partial charge on any atom is 0.245 e. The van der Waals surface area contributed by atoms with Crippen molar-refractivity contribution < 1.29 is 9.59 Å². The molecule has 22 heavy (non-hydrogen) atoms. The molecule has 0 radical (unpaired) electrons. The van der Waals surface area contributed by atoms with Gasteiger partial charge < -0.3 is 15.5 Å². The first-order valence-corrected chi connectivity index (χ1v) is 7.94. The molecule has 2 N–H and O–H groups in total. The number of rotatable bonds is 2. The van der Waals surface area contributed by atoms with E-state index in [0.717, 1.165) is 12.8 Å². The third kappa shape index (κ3) is 2.73. The summed E-state index contributed by atoms with van der Waals surface area (Å²) in [5.41, 5.74) is 7.44. The van der Waals surface area contributed by atoms with E-state index in [1.54, 1.807) is 4.90 Å². The molecule has 1 aromatic rings. The van der Waals surface area contributed by atoms with Gasteiger partial charge in [-0.25, -0.2) is 0 Å². The minimum Gasteiger partial charge on any atom is -0.339 e. The van der Waals surface area contributed by atoms with Crippen LogP contribution in [-0.4, -0.2) is 53.3 Å². The lowest BCUT2D eigenvalue weighted by Crippen LogP contribution is -2.47. The van der Waals surface area contributed by atoms with Crippen LogP contribution in [0.1, 0.15) is 31.2 Å². The molecule has 2 saturated heterocycles. The minimum absolute atomic E-state index is 0.0149. The summed E-state index contributed by atoms with van der Waals surface area (Å²) >= 11 is 0. The van der Waals surface area contributed by atoms with E-state index in [-0.39, 0.29) is 29.8 Å². The van der Waals surface area contributed by atoms with Crippen LogP contribution < -0.4 is 5.73 Å². The second kappa shape index (κ2) is 6.08. The van der Waals surface area contributed by atoms with Gasteiger partial charge in [0.15, 0.2) is 0 Å². The maximum atomic E-state index is 12.8. The lowest BCUT2D eigenvalue weighted by Gasteiger charge is -2.27. The van der Waals surface area contributed by atoms with Crippen LogP contribution in [0.3, 0.4) is 0 Å². The second-order valence-electron chi connectivity index (χ2n) is 6.29. The Morgan fingerprint density at radius 2 is 1.91 bits per heavy atom. The van der Waals surface area contributed by atoms with Crippen LogP contribution in [0, 0.1) is 0 Å². The first-order valence-electron chi connectivity index (χ1n) is 7.94. The Bertz CT molecular complexity index is 560. The molecule has 3 rings (SSSR count). The first-order chi connectivity index (χ1) is 10.6. The van der Waals surface area contributed by atoms with Crippen molar-refractivity contribution in [3.05, 3.63) is 35.9 Å². The molecule has 5 heteroatoms. The Morgan fingerprint density at radius 3 is 2.59 bits per heavy atom. The van der Waals surface area contributed by atoms with Gasteiger partial charge in [-0.15, -0.1) is 0 Å². The Balaban J connectivity index is 1.71. The number of benzene rings is 1. The Labute approximate surface area is 131 Å². The Kier molecular flexibility index (Phi) is 4.16. The van der Waals surface area contributed by atoms with E-state index < -0.39 is 0 Å². The van der Waals surface area contributed by atoms with Crippen molar-refractivity contribution in [1.29, 1.82) is 0 Å². The normalized spacial score (nSPS) is 28.2. The standard InChI is InChI=1S/C17H23N3O2/c1-12(21)20-9-5-8-16(20)17(22)19-10-14(15(18)11-19)13-6-3-2-4-7-13/h2-4,6-7,14-16H,5,8-11,18H2,1H3/t14-,15+,16?/m0/s1. The number of nitrogens with two attached hydrogens (primary N) is 1. The summed E-state index contributed by atoms with van der Waals surface area (Å²) < 4.78 is 0. The van der Waals surface area contributed by atoms with Crippen LogP contribution in [0.5, 0.6) is 0 Å². The molecule has 0 aliphatic carbocycles. The molecule has 118 valence electrons. The summed E-state index contributed by atoms with van der Waals surface area (Å²) in [6, 6.07) is 9.78. The summed E-state index contributed by atoms with van der Waals surface area (Å²) in [5.74, 6) is 0.220. The molecule has 0 saturated carbocycles. The maximum absolute atomic E-state index is 12.8. The summed E-state index contributed by atoms with van der Waals surface area (Å²) in [5, 5.41) is 0. The second-order valence-corrected chi connectivity index (χ2v) is 6.29. The van der Waals surface area contributed by atoms with E-state index in [9.17, 15) is 9.59 Å². The summed E-state index contributed by atoms with van der Waals surface area (Å²) in [6.07, 6.45) is 1.66. The van der Waals surface area contributed by atoms with Gasteiger partial charge in [0.25, 0.3) is 0 Å². The van der Waals surface area contributed by atoms with E-state index in [1.807, 2.05) is 23.1 Å². The molecular weight excluding hydrogens is 278 g/mol. The Morgan fingerprint density at radius 1 is 1.18 bits per heavy atom. The van der Waals surface area contributed by atoms with Crippen molar-refractivity contribution in [3.8, 4) is 0 Å². The van der Waals surface area contributed by atoms with E-state index in [2.05, 4.69) is 12.1 Å². The molecule has 1 unspecified atom stereocenters. The quantitative estimate of drug-likeness (QED) is 0.884.